The summed E-state index contributed by atoms with van der Waals surface area (Å²) in [6.07, 6.45) is 0.920. The Morgan fingerprint density at radius 1 is 1.35 bits per heavy atom. The Hall–Kier alpha value is -1.25. The van der Waals surface area contributed by atoms with Crippen LogP contribution < -0.4 is 10.6 Å². The number of hydrogen-bond donors (Lipinski definition) is 2. The van der Waals surface area contributed by atoms with Gasteiger partial charge in [-0.15, -0.1) is 23.1 Å². The molecule has 124 valence electrons. The van der Waals surface area contributed by atoms with E-state index in [-0.39, 0.29) is 11.8 Å². The standard InChI is InChI=1S/C14H16ClN3O3S2/c15-10-2-1-9(23-10)7-22-8-11(19)18-5-3-14(4-6-18)12(20)16-13(21)17-14/h1-2H,3-8H2,(H2,16,17,20,21). The molecule has 0 unspecified atom stereocenters. The molecule has 2 N–H and O–H groups in total. The van der Waals surface area contributed by atoms with E-state index in [1.54, 1.807) is 16.7 Å². The second-order valence-electron chi connectivity index (χ2n) is 5.57. The summed E-state index contributed by atoms with van der Waals surface area (Å²) < 4.78 is 0.755. The van der Waals surface area contributed by atoms with Crippen LogP contribution in [0.3, 0.4) is 0 Å². The van der Waals surface area contributed by atoms with Crippen LogP contribution in [-0.4, -0.2) is 47.1 Å². The maximum absolute atomic E-state index is 12.2. The summed E-state index contributed by atoms with van der Waals surface area (Å²) in [5, 5.41) is 4.96. The van der Waals surface area contributed by atoms with Crippen molar-refractivity contribution in [2.45, 2.75) is 24.1 Å². The number of urea groups is 1. The number of halogens is 1. The third-order valence-corrected chi connectivity index (χ3v) is 6.46. The molecule has 1 aromatic rings. The Balaban J connectivity index is 1.45. The average molecular weight is 374 g/mol. The van der Waals surface area contributed by atoms with Gasteiger partial charge in [0.2, 0.25) is 5.91 Å². The first-order valence-corrected chi connectivity index (χ1v) is 9.57. The van der Waals surface area contributed by atoms with Crippen LogP contribution in [0.4, 0.5) is 4.79 Å². The SMILES string of the molecule is O=C1NC(=O)C2(CCN(C(=O)CSCc3ccc(Cl)s3)CC2)N1. The van der Waals surface area contributed by atoms with Crippen LogP contribution in [0.25, 0.3) is 0 Å². The van der Waals surface area contributed by atoms with Gasteiger partial charge in [0.15, 0.2) is 0 Å². The molecule has 2 aliphatic rings. The highest BCUT2D eigenvalue weighted by atomic mass is 35.5. The highest BCUT2D eigenvalue weighted by Gasteiger charge is 2.48. The van der Waals surface area contributed by atoms with Crippen molar-refractivity contribution >= 4 is 52.5 Å². The Morgan fingerprint density at radius 3 is 2.65 bits per heavy atom. The average Bonchev–Trinajstić information content (AvgIpc) is 3.03. The number of hydrogen-bond acceptors (Lipinski definition) is 5. The molecule has 6 nitrogen and oxygen atoms in total. The van der Waals surface area contributed by atoms with Crippen molar-refractivity contribution in [3.8, 4) is 0 Å². The topological polar surface area (TPSA) is 78.5 Å². The summed E-state index contributed by atoms with van der Waals surface area (Å²) in [5.74, 6) is 0.955. The van der Waals surface area contributed by atoms with Crippen LogP contribution in [0, 0.1) is 0 Å². The predicted molar refractivity (Wildman–Crippen MR) is 90.7 cm³/mol. The zero-order chi connectivity index (χ0) is 16.4. The number of carbonyl (C=O) groups excluding carboxylic acids is 3. The highest BCUT2D eigenvalue weighted by Crippen LogP contribution is 2.27. The lowest BCUT2D eigenvalue weighted by Gasteiger charge is -2.36. The van der Waals surface area contributed by atoms with Crippen LogP contribution in [-0.2, 0) is 15.3 Å². The number of thioether (sulfide) groups is 1. The highest BCUT2D eigenvalue weighted by molar-refractivity contribution is 7.99. The molecule has 0 radical (unpaired) electrons. The van der Waals surface area contributed by atoms with Gasteiger partial charge >= 0.3 is 6.03 Å². The quantitative estimate of drug-likeness (QED) is 0.789. The monoisotopic (exact) mass is 373 g/mol. The summed E-state index contributed by atoms with van der Waals surface area (Å²) in [4.78, 5) is 38.3. The molecule has 0 aliphatic carbocycles. The van der Waals surface area contributed by atoms with E-state index < -0.39 is 11.6 Å². The lowest BCUT2D eigenvalue weighted by molar-refractivity contribution is -0.133. The number of nitrogens with one attached hydrogen (secondary N) is 2. The molecular formula is C14H16ClN3O3S2. The van der Waals surface area contributed by atoms with E-state index in [9.17, 15) is 14.4 Å². The van der Waals surface area contributed by atoms with Crippen molar-refractivity contribution < 1.29 is 14.4 Å². The van der Waals surface area contributed by atoms with Crippen molar-refractivity contribution in [2.75, 3.05) is 18.8 Å². The third kappa shape index (κ3) is 3.64. The smallest absolute Gasteiger partial charge is 0.322 e. The minimum Gasteiger partial charge on any atom is -0.342 e. The van der Waals surface area contributed by atoms with Gasteiger partial charge in [-0.3, -0.25) is 14.9 Å². The van der Waals surface area contributed by atoms with Gasteiger partial charge in [-0.2, -0.15) is 0 Å². The van der Waals surface area contributed by atoms with E-state index in [1.165, 1.54) is 11.3 Å². The molecular weight excluding hydrogens is 358 g/mol. The van der Waals surface area contributed by atoms with Crippen LogP contribution in [0.15, 0.2) is 12.1 Å². The van der Waals surface area contributed by atoms with E-state index in [2.05, 4.69) is 10.6 Å². The zero-order valence-corrected chi connectivity index (χ0v) is 14.7. The van der Waals surface area contributed by atoms with Crippen molar-refractivity contribution in [1.29, 1.82) is 0 Å². The minimum absolute atomic E-state index is 0.0669. The number of piperidine rings is 1. The molecule has 3 heterocycles. The number of nitrogens with zero attached hydrogens (tertiary/aromatic N) is 1. The fourth-order valence-electron chi connectivity index (χ4n) is 2.78. The summed E-state index contributed by atoms with van der Waals surface area (Å²) >= 11 is 8.96. The number of thiophene rings is 1. The maximum Gasteiger partial charge on any atom is 0.322 e. The van der Waals surface area contributed by atoms with E-state index in [0.717, 1.165) is 15.0 Å². The molecule has 2 aliphatic heterocycles. The molecule has 0 bridgehead atoms. The van der Waals surface area contributed by atoms with Crippen molar-refractivity contribution in [2.24, 2.45) is 0 Å². The van der Waals surface area contributed by atoms with E-state index in [0.29, 0.717) is 31.7 Å². The van der Waals surface area contributed by atoms with Gasteiger partial charge in [0.1, 0.15) is 5.54 Å². The van der Waals surface area contributed by atoms with E-state index >= 15 is 0 Å². The van der Waals surface area contributed by atoms with Gasteiger partial charge in [-0.25, -0.2) is 4.79 Å². The van der Waals surface area contributed by atoms with Crippen LogP contribution >= 0.6 is 34.7 Å². The van der Waals surface area contributed by atoms with Crippen molar-refractivity contribution in [3.05, 3.63) is 21.3 Å². The lowest BCUT2D eigenvalue weighted by atomic mass is 9.88. The van der Waals surface area contributed by atoms with Crippen LogP contribution in [0.5, 0.6) is 0 Å². The largest absolute Gasteiger partial charge is 0.342 e. The summed E-state index contributed by atoms with van der Waals surface area (Å²) in [7, 11) is 0. The predicted octanol–water partition coefficient (Wildman–Crippen LogP) is 1.84. The third-order valence-electron chi connectivity index (χ3n) is 4.08. The number of rotatable bonds is 4. The Labute approximate surface area is 146 Å². The molecule has 1 aromatic heterocycles. The fraction of sp³-hybridized carbons (Fsp3) is 0.500. The van der Waals surface area contributed by atoms with Gasteiger partial charge in [0.05, 0.1) is 10.1 Å². The summed E-state index contributed by atoms with van der Waals surface area (Å²) in [6.45, 7) is 0.968. The molecule has 23 heavy (non-hydrogen) atoms. The first kappa shape index (κ1) is 16.6. The molecule has 2 fully saturated rings. The molecule has 3 rings (SSSR count). The first-order chi connectivity index (χ1) is 11.0. The second-order valence-corrected chi connectivity index (χ2v) is 8.35. The van der Waals surface area contributed by atoms with Gasteiger partial charge < -0.3 is 10.2 Å². The number of likely N-dealkylation sites (tertiary alicyclic amines) is 1. The first-order valence-electron chi connectivity index (χ1n) is 7.22. The molecule has 4 amide bonds. The number of imide groups is 1. The van der Waals surface area contributed by atoms with Crippen molar-refractivity contribution in [1.82, 2.24) is 15.5 Å². The van der Waals surface area contributed by atoms with Gasteiger partial charge in [0, 0.05) is 23.7 Å². The Morgan fingerprint density at radius 2 is 2.09 bits per heavy atom. The molecule has 9 heteroatoms. The fourth-order valence-corrected chi connectivity index (χ4v) is 4.90. The normalized spacial score (nSPS) is 19.8. The minimum atomic E-state index is -0.825. The van der Waals surface area contributed by atoms with Gasteiger partial charge in [-0.1, -0.05) is 11.6 Å². The molecule has 2 saturated heterocycles. The molecule has 1 spiro atoms. The van der Waals surface area contributed by atoms with Gasteiger partial charge in [0.25, 0.3) is 5.91 Å². The zero-order valence-electron chi connectivity index (χ0n) is 12.3. The van der Waals surface area contributed by atoms with E-state index in [4.69, 9.17) is 11.6 Å². The lowest BCUT2D eigenvalue weighted by Crippen LogP contribution is -2.56. The Kier molecular flexibility index (Phi) is 4.84. The molecule has 0 saturated carbocycles. The Bertz CT molecular complexity index is 641. The van der Waals surface area contributed by atoms with Crippen LogP contribution in [0.1, 0.15) is 17.7 Å². The summed E-state index contributed by atoms with van der Waals surface area (Å²) in [6, 6.07) is 3.38. The molecule has 0 aromatic carbocycles. The van der Waals surface area contributed by atoms with Gasteiger partial charge in [-0.05, 0) is 25.0 Å². The number of carbonyl (C=O) groups is 3. The van der Waals surface area contributed by atoms with Crippen LogP contribution in [0.2, 0.25) is 4.34 Å². The molecule has 0 atom stereocenters. The second kappa shape index (κ2) is 6.70. The number of amides is 4. The summed E-state index contributed by atoms with van der Waals surface area (Å²) in [5.41, 5.74) is -0.825. The maximum atomic E-state index is 12.2. The van der Waals surface area contributed by atoms with E-state index in [1.807, 2.05) is 12.1 Å². The van der Waals surface area contributed by atoms with Crippen molar-refractivity contribution in [3.63, 3.8) is 0 Å².